The topological polar surface area (TPSA) is 69.4 Å². The maximum Gasteiger partial charge on any atom is 0.238 e. The van der Waals surface area contributed by atoms with Gasteiger partial charge in [0.25, 0.3) is 0 Å². The van der Waals surface area contributed by atoms with Gasteiger partial charge in [0.05, 0.1) is 16.4 Å². The normalized spacial score (nSPS) is 30.8. The van der Waals surface area contributed by atoms with Gasteiger partial charge in [0.2, 0.25) is 10.0 Å². The average Bonchev–Trinajstić information content (AvgIpc) is 3.25. The second kappa shape index (κ2) is 6.62. The van der Waals surface area contributed by atoms with Crippen molar-refractivity contribution in [2.45, 2.75) is 61.3 Å². The number of alkyl halides is 1. The molecule has 0 aromatic heterocycles. The number of rotatable bonds is 4. The number of hydrogen-bond donors (Lipinski definition) is 1. The van der Waals surface area contributed by atoms with E-state index in [2.05, 4.69) is 0 Å². The van der Waals surface area contributed by atoms with Gasteiger partial charge in [-0.25, -0.2) is 13.6 Å². The van der Waals surface area contributed by atoms with E-state index in [9.17, 15) is 8.42 Å². The molecule has 0 bridgehead atoms. The molecular formula is C20H26ClNO3S. The molecule has 142 valence electrons. The van der Waals surface area contributed by atoms with Crippen LogP contribution in [0.15, 0.2) is 34.7 Å². The molecule has 4 rings (SSSR count). The molecule has 4 nitrogen and oxygen atoms in total. The zero-order valence-electron chi connectivity index (χ0n) is 15.1. The van der Waals surface area contributed by atoms with Crippen LogP contribution in [0.25, 0.3) is 5.57 Å². The molecule has 3 aliphatic rings. The highest BCUT2D eigenvalue weighted by Crippen LogP contribution is 2.63. The number of ether oxygens (including phenoxy) is 1. The number of methoxy groups -OCH3 is 1. The van der Waals surface area contributed by atoms with Gasteiger partial charge in [0.1, 0.15) is 0 Å². The van der Waals surface area contributed by atoms with Crippen molar-refractivity contribution in [3.63, 3.8) is 0 Å². The van der Waals surface area contributed by atoms with Crippen molar-refractivity contribution < 1.29 is 13.2 Å². The van der Waals surface area contributed by atoms with Crippen molar-refractivity contribution in [3.05, 3.63) is 35.4 Å². The Hall–Kier alpha value is -0.880. The lowest BCUT2D eigenvalue weighted by Crippen LogP contribution is -2.32. The van der Waals surface area contributed by atoms with Crippen LogP contribution in [-0.4, -0.2) is 27.0 Å². The molecule has 1 spiro atoms. The number of sulfonamides is 1. The molecule has 0 heterocycles. The van der Waals surface area contributed by atoms with E-state index in [0.29, 0.717) is 11.3 Å². The molecule has 1 aromatic rings. The van der Waals surface area contributed by atoms with Gasteiger partial charge in [0.15, 0.2) is 0 Å². The van der Waals surface area contributed by atoms with Crippen LogP contribution in [0, 0.1) is 11.3 Å². The summed E-state index contributed by atoms with van der Waals surface area (Å²) < 4.78 is 28.6. The summed E-state index contributed by atoms with van der Waals surface area (Å²) in [4.78, 5) is 0.170. The Balaban J connectivity index is 1.64. The molecule has 2 N–H and O–H groups in total. The second-order valence-corrected chi connectivity index (χ2v) is 10.3. The number of nitrogens with two attached hydrogens (primary N) is 1. The Morgan fingerprint density at radius 2 is 1.85 bits per heavy atom. The summed E-state index contributed by atoms with van der Waals surface area (Å²) in [5.74, 6) is 0.511. The smallest absolute Gasteiger partial charge is 0.238 e. The van der Waals surface area contributed by atoms with E-state index in [-0.39, 0.29) is 16.4 Å². The van der Waals surface area contributed by atoms with E-state index in [4.69, 9.17) is 21.5 Å². The zero-order valence-corrected chi connectivity index (χ0v) is 16.7. The van der Waals surface area contributed by atoms with Crippen molar-refractivity contribution >= 4 is 27.2 Å². The molecule has 1 aromatic carbocycles. The van der Waals surface area contributed by atoms with Crippen molar-refractivity contribution in [3.8, 4) is 0 Å². The summed E-state index contributed by atoms with van der Waals surface area (Å²) in [6.45, 7) is 0. The number of primary sulfonamides is 1. The van der Waals surface area contributed by atoms with E-state index >= 15 is 0 Å². The first kappa shape index (κ1) is 18.5. The fraction of sp³-hybridized carbons (Fsp3) is 0.600. The van der Waals surface area contributed by atoms with Crippen LogP contribution in [0.3, 0.4) is 0 Å². The zero-order chi connectivity index (χ0) is 18.5. The molecule has 0 amide bonds. The molecular weight excluding hydrogens is 370 g/mol. The standard InChI is InChI=1S/C20H26ClNO3S/c1-25-19-7-4-14(10-18(19)21)17-12-20(8-9-20)11-16(17)13-2-5-15(6-3-13)26(22,23)24/h2-3,5-6,14,18-19H,4,7-12H2,1H3,(H2,22,23,24)/t14?,18?,19-/m0/s1. The summed E-state index contributed by atoms with van der Waals surface area (Å²) in [6.07, 6.45) is 8.11. The van der Waals surface area contributed by atoms with Crippen LogP contribution in [0.4, 0.5) is 0 Å². The van der Waals surface area contributed by atoms with Gasteiger partial charge >= 0.3 is 0 Å². The van der Waals surface area contributed by atoms with Gasteiger partial charge in [-0.2, -0.15) is 0 Å². The van der Waals surface area contributed by atoms with Gasteiger partial charge in [-0.15, -0.1) is 11.6 Å². The molecule has 3 aliphatic carbocycles. The molecule has 3 atom stereocenters. The highest BCUT2D eigenvalue weighted by molar-refractivity contribution is 7.89. The van der Waals surface area contributed by atoms with Gasteiger partial charge < -0.3 is 4.74 Å². The van der Waals surface area contributed by atoms with E-state index in [1.165, 1.54) is 24.8 Å². The van der Waals surface area contributed by atoms with Crippen LogP contribution in [-0.2, 0) is 14.8 Å². The molecule has 26 heavy (non-hydrogen) atoms. The SMILES string of the molecule is CO[C@H]1CCC(C2=C(c3ccc(S(N)(=O)=O)cc3)CC3(CC3)C2)CC1Cl. The Morgan fingerprint density at radius 3 is 2.38 bits per heavy atom. The number of allylic oxidation sites excluding steroid dienone is 2. The molecule has 0 aliphatic heterocycles. The maximum absolute atomic E-state index is 11.5. The third-order valence-corrected chi connectivity index (χ3v) is 7.89. The Bertz CT molecular complexity index is 827. The van der Waals surface area contributed by atoms with Gasteiger partial charge in [-0.05, 0) is 79.5 Å². The molecule has 2 fully saturated rings. The fourth-order valence-electron chi connectivity index (χ4n) is 4.79. The first-order valence-electron chi connectivity index (χ1n) is 9.33. The Morgan fingerprint density at radius 1 is 1.15 bits per heavy atom. The van der Waals surface area contributed by atoms with Crippen LogP contribution in [0.1, 0.15) is 50.5 Å². The second-order valence-electron chi connectivity index (χ2n) is 8.23. The summed E-state index contributed by atoms with van der Waals surface area (Å²) in [5.41, 5.74) is 4.55. The Labute approximate surface area is 160 Å². The third kappa shape index (κ3) is 3.47. The minimum atomic E-state index is -3.65. The number of benzene rings is 1. The van der Waals surface area contributed by atoms with E-state index in [1.54, 1.807) is 24.8 Å². The monoisotopic (exact) mass is 395 g/mol. The molecule has 0 saturated heterocycles. The van der Waals surface area contributed by atoms with Gasteiger partial charge in [0, 0.05) is 7.11 Å². The summed E-state index contributed by atoms with van der Waals surface area (Å²) in [5, 5.41) is 5.30. The molecule has 2 unspecified atom stereocenters. The number of hydrogen-bond acceptors (Lipinski definition) is 3. The molecule has 2 saturated carbocycles. The predicted octanol–water partition coefficient (Wildman–Crippen LogP) is 4.08. The lowest BCUT2D eigenvalue weighted by molar-refractivity contribution is 0.0646. The fourth-order valence-corrected chi connectivity index (χ4v) is 5.75. The largest absolute Gasteiger partial charge is 0.380 e. The van der Waals surface area contributed by atoms with Gasteiger partial charge in [-0.3, -0.25) is 0 Å². The average molecular weight is 396 g/mol. The van der Waals surface area contributed by atoms with Crippen LogP contribution in [0.2, 0.25) is 0 Å². The van der Waals surface area contributed by atoms with Crippen molar-refractivity contribution in [1.29, 1.82) is 0 Å². The van der Waals surface area contributed by atoms with E-state index < -0.39 is 10.0 Å². The first-order chi connectivity index (χ1) is 12.3. The Kier molecular flexibility index (Phi) is 4.71. The van der Waals surface area contributed by atoms with Crippen LogP contribution in [0.5, 0.6) is 0 Å². The van der Waals surface area contributed by atoms with Crippen LogP contribution >= 0.6 is 11.6 Å². The molecule has 0 radical (unpaired) electrons. The number of halogens is 1. The lowest BCUT2D eigenvalue weighted by Gasteiger charge is -2.33. The minimum absolute atomic E-state index is 0.0630. The minimum Gasteiger partial charge on any atom is -0.380 e. The molecule has 6 heteroatoms. The summed E-state index contributed by atoms with van der Waals surface area (Å²) in [6, 6.07) is 7.07. The van der Waals surface area contributed by atoms with Crippen molar-refractivity contribution in [2.24, 2.45) is 16.5 Å². The van der Waals surface area contributed by atoms with E-state index in [0.717, 1.165) is 31.2 Å². The lowest BCUT2D eigenvalue weighted by atomic mass is 9.79. The summed E-state index contributed by atoms with van der Waals surface area (Å²) >= 11 is 6.58. The summed E-state index contributed by atoms with van der Waals surface area (Å²) in [7, 11) is -1.91. The van der Waals surface area contributed by atoms with Crippen molar-refractivity contribution in [2.75, 3.05) is 7.11 Å². The highest BCUT2D eigenvalue weighted by atomic mass is 35.5. The maximum atomic E-state index is 11.5. The highest BCUT2D eigenvalue weighted by Gasteiger charge is 2.49. The van der Waals surface area contributed by atoms with Crippen molar-refractivity contribution in [1.82, 2.24) is 0 Å². The first-order valence-corrected chi connectivity index (χ1v) is 11.3. The van der Waals surface area contributed by atoms with E-state index in [1.807, 2.05) is 12.1 Å². The van der Waals surface area contributed by atoms with Gasteiger partial charge in [-0.1, -0.05) is 17.7 Å². The third-order valence-electron chi connectivity index (χ3n) is 6.50. The van der Waals surface area contributed by atoms with Crippen LogP contribution < -0.4 is 5.14 Å². The predicted molar refractivity (Wildman–Crippen MR) is 103 cm³/mol. The quantitative estimate of drug-likeness (QED) is 0.780.